The third-order valence-corrected chi connectivity index (χ3v) is 3.38. The standard InChI is InChI=1S/C11H18N2O3S/c1-15-6-3-7-16-8-9-17(14)11-10(12)4-2-5-13-11/h2,4-5H,3,6-9,12H2,1H3. The highest BCUT2D eigenvalue weighted by molar-refractivity contribution is 7.85. The second-order valence-electron chi connectivity index (χ2n) is 3.41. The second kappa shape index (κ2) is 8.16. The summed E-state index contributed by atoms with van der Waals surface area (Å²) < 4.78 is 22.0. The Balaban J connectivity index is 2.24. The molecular weight excluding hydrogens is 240 g/mol. The molecule has 96 valence electrons. The summed E-state index contributed by atoms with van der Waals surface area (Å²) in [7, 11) is 0.457. The highest BCUT2D eigenvalue weighted by atomic mass is 32.2. The van der Waals surface area contributed by atoms with Crippen LogP contribution in [0.5, 0.6) is 0 Å². The van der Waals surface area contributed by atoms with Crippen molar-refractivity contribution >= 4 is 16.5 Å². The number of hydrogen-bond donors (Lipinski definition) is 1. The fraction of sp³-hybridized carbons (Fsp3) is 0.545. The van der Waals surface area contributed by atoms with E-state index in [0.717, 1.165) is 6.42 Å². The number of hydrogen-bond acceptors (Lipinski definition) is 5. The van der Waals surface area contributed by atoms with Crippen LogP contribution in [0.4, 0.5) is 5.69 Å². The Morgan fingerprint density at radius 1 is 1.41 bits per heavy atom. The van der Waals surface area contributed by atoms with Gasteiger partial charge in [-0.15, -0.1) is 0 Å². The minimum absolute atomic E-state index is 0.411. The van der Waals surface area contributed by atoms with E-state index in [1.54, 1.807) is 25.4 Å². The molecule has 0 aliphatic heterocycles. The number of ether oxygens (including phenoxy) is 2. The number of aromatic nitrogens is 1. The lowest BCUT2D eigenvalue weighted by Crippen LogP contribution is -2.10. The Labute approximate surface area is 104 Å². The monoisotopic (exact) mass is 258 g/mol. The summed E-state index contributed by atoms with van der Waals surface area (Å²) in [5.74, 6) is 0.411. The van der Waals surface area contributed by atoms with Gasteiger partial charge in [0.1, 0.15) is 5.03 Å². The molecule has 0 saturated heterocycles. The van der Waals surface area contributed by atoms with E-state index in [4.69, 9.17) is 15.2 Å². The van der Waals surface area contributed by atoms with Gasteiger partial charge in [-0.25, -0.2) is 4.98 Å². The lowest BCUT2D eigenvalue weighted by Gasteiger charge is -2.05. The van der Waals surface area contributed by atoms with Gasteiger partial charge in [0.05, 0.1) is 28.8 Å². The molecule has 1 rings (SSSR count). The molecule has 1 unspecified atom stereocenters. The normalized spacial score (nSPS) is 12.5. The number of nitrogen functional groups attached to an aromatic ring is 1. The van der Waals surface area contributed by atoms with Gasteiger partial charge in [0.2, 0.25) is 0 Å². The van der Waals surface area contributed by atoms with Crippen molar-refractivity contribution in [2.45, 2.75) is 11.4 Å². The molecule has 0 bridgehead atoms. The summed E-state index contributed by atoms with van der Waals surface area (Å²) in [6, 6.07) is 3.41. The van der Waals surface area contributed by atoms with Crippen molar-refractivity contribution in [2.75, 3.05) is 38.4 Å². The smallest absolute Gasteiger partial charge is 0.150 e. The summed E-state index contributed by atoms with van der Waals surface area (Å²) in [5.41, 5.74) is 6.14. The zero-order valence-electron chi connectivity index (χ0n) is 9.93. The summed E-state index contributed by atoms with van der Waals surface area (Å²) in [5, 5.41) is 0.438. The van der Waals surface area contributed by atoms with Gasteiger partial charge in [-0.05, 0) is 18.6 Å². The first kappa shape index (κ1) is 14.1. The van der Waals surface area contributed by atoms with Crippen LogP contribution in [-0.2, 0) is 20.3 Å². The first-order valence-corrected chi connectivity index (χ1v) is 6.73. The number of nitrogens with zero attached hydrogens (tertiary/aromatic N) is 1. The van der Waals surface area contributed by atoms with Crippen LogP contribution in [-0.4, -0.2) is 41.9 Å². The first-order valence-electron chi connectivity index (χ1n) is 5.41. The fourth-order valence-electron chi connectivity index (χ4n) is 1.23. The van der Waals surface area contributed by atoms with E-state index in [1.165, 1.54) is 0 Å². The average Bonchev–Trinajstić information content (AvgIpc) is 2.34. The van der Waals surface area contributed by atoms with Crippen molar-refractivity contribution in [3.63, 3.8) is 0 Å². The van der Waals surface area contributed by atoms with E-state index in [9.17, 15) is 4.21 Å². The van der Waals surface area contributed by atoms with Gasteiger partial charge in [-0.1, -0.05) is 0 Å². The van der Waals surface area contributed by atoms with Crippen LogP contribution in [0.15, 0.2) is 23.4 Å². The van der Waals surface area contributed by atoms with Crippen LogP contribution in [0.3, 0.4) is 0 Å². The lowest BCUT2D eigenvalue weighted by molar-refractivity contribution is 0.112. The Kier molecular flexibility index (Phi) is 6.76. The van der Waals surface area contributed by atoms with E-state index in [1.807, 2.05) is 0 Å². The van der Waals surface area contributed by atoms with E-state index in [0.29, 0.717) is 36.3 Å². The van der Waals surface area contributed by atoms with Gasteiger partial charge >= 0.3 is 0 Å². The maximum absolute atomic E-state index is 11.8. The van der Waals surface area contributed by atoms with Crippen LogP contribution in [0, 0.1) is 0 Å². The molecule has 17 heavy (non-hydrogen) atoms. The highest BCUT2D eigenvalue weighted by Crippen LogP contribution is 2.11. The zero-order valence-corrected chi connectivity index (χ0v) is 10.7. The molecule has 2 N–H and O–H groups in total. The lowest BCUT2D eigenvalue weighted by atomic mass is 10.4. The second-order valence-corrected chi connectivity index (χ2v) is 4.89. The molecule has 0 fully saturated rings. The fourth-order valence-corrected chi connectivity index (χ4v) is 2.20. The van der Waals surface area contributed by atoms with Crippen LogP contribution >= 0.6 is 0 Å². The maximum atomic E-state index is 11.8. The number of anilines is 1. The molecule has 1 heterocycles. The van der Waals surface area contributed by atoms with Crippen LogP contribution < -0.4 is 5.73 Å². The largest absolute Gasteiger partial charge is 0.396 e. The summed E-state index contributed by atoms with van der Waals surface area (Å²) in [6.45, 7) is 1.73. The molecule has 6 heteroatoms. The molecule has 1 aromatic rings. The van der Waals surface area contributed by atoms with E-state index < -0.39 is 10.8 Å². The molecule has 0 aromatic carbocycles. The SMILES string of the molecule is COCCCOCCS(=O)c1ncccc1N. The average molecular weight is 258 g/mol. The molecule has 0 spiro atoms. The minimum Gasteiger partial charge on any atom is -0.396 e. The molecule has 5 nitrogen and oxygen atoms in total. The molecule has 0 aliphatic carbocycles. The predicted molar refractivity (Wildman–Crippen MR) is 67.2 cm³/mol. The number of nitrogens with two attached hydrogens (primary N) is 1. The predicted octanol–water partition coefficient (Wildman–Crippen LogP) is 0.824. The van der Waals surface area contributed by atoms with Crippen molar-refractivity contribution in [1.29, 1.82) is 0 Å². The van der Waals surface area contributed by atoms with E-state index in [-0.39, 0.29) is 0 Å². The molecule has 1 atom stereocenters. The van der Waals surface area contributed by atoms with Crippen LogP contribution in [0.25, 0.3) is 0 Å². The van der Waals surface area contributed by atoms with E-state index in [2.05, 4.69) is 4.98 Å². The molecular formula is C11H18N2O3S. The van der Waals surface area contributed by atoms with Gasteiger partial charge in [0.15, 0.2) is 0 Å². The summed E-state index contributed by atoms with van der Waals surface area (Å²) in [4.78, 5) is 4.01. The molecule has 1 aromatic heterocycles. The third-order valence-electron chi connectivity index (χ3n) is 2.07. The molecule has 0 aliphatic rings. The zero-order chi connectivity index (χ0) is 12.5. The Hall–Kier alpha value is -0.980. The third kappa shape index (κ3) is 5.25. The number of pyridine rings is 1. The number of methoxy groups -OCH3 is 1. The van der Waals surface area contributed by atoms with Gasteiger partial charge in [0.25, 0.3) is 0 Å². The van der Waals surface area contributed by atoms with Crippen molar-refractivity contribution in [1.82, 2.24) is 4.98 Å². The van der Waals surface area contributed by atoms with Crippen molar-refractivity contribution in [3.8, 4) is 0 Å². The minimum atomic E-state index is -1.19. The Morgan fingerprint density at radius 3 is 2.94 bits per heavy atom. The molecule has 0 radical (unpaired) electrons. The van der Waals surface area contributed by atoms with Gasteiger partial charge in [0, 0.05) is 26.5 Å². The summed E-state index contributed by atoms with van der Waals surface area (Å²) >= 11 is 0. The quantitative estimate of drug-likeness (QED) is 0.699. The van der Waals surface area contributed by atoms with Crippen LogP contribution in [0.1, 0.15) is 6.42 Å². The number of rotatable bonds is 8. The molecule has 0 saturated carbocycles. The summed E-state index contributed by atoms with van der Waals surface area (Å²) in [6.07, 6.45) is 2.43. The van der Waals surface area contributed by atoms with Crippen molar-refractivity contribution in [3.05, 3.63) is 18.3 Å². The Morgan fingerprint density at radius 2 is 2.24 bits per heavy atom. The first-order chi connectivity index (χ1) is 8.25. The Bertz CT molecular complexity index is 360. The highest BCUT2D eigenvalue weighted by Gasteiger charge is 2.08. The maximum Gasteiger partial charge on any atom is 0.150 e. The van der Waals surface area contributed by atoms with Crippen molar-refractivity contribution in [2.24, 2.45) is 0 Å². The van der Waals surface area contributed by atoms with Gasteiger partial charge in [-0.2, -0.15) is 0 Å². The molecule has 0 amide bonds. The van der Waals surface area contributed by atoms with Crippen molar-refractivity contribution < 1.29 is 13.7 Å². The van der Waals surface area contributed by atoms with Gasteiger partial charge in [-0.3, -0.25) is 4.21 Å². The van der Waals surface area contributed by atoms with E-state index >= 15 is 0 Å². The topological polar surface area (TPSA) is 74.4 Å². The van der Waals surface area contributed by atoms with Gasteiger partial charge < -0.3 is 15.2 Å². The van der Waals surface area contributed by atoms with Crippen LogP contribution in [0.2, 0.25) is 0 Å².